The van der Waals surface area contributed by atoms with E-state index in [2.05, 4.69) is 10.1 Å². The van der Waals surface area contributed by atoms with E-state index in [4.69, 9.17) is 4.74 Å². The molecule has 1 rings (SSSR count). The normalized spacial score (nSPS) is 20.5. The van der Waals surface area contributed by atoms with Crippen LogP contribution in [0.2, 0.25) is 0 Å². The number of hydrogen-bond acceptors (Lipinski definition) is 4. The summed E-state index contributed by atoms with van der Waals surface area (Å²) in [5.41, 5.74) is -0.160. The standard InChI is InChI=1S/C7H13NO3/c1-8-7(4-11-5-7)3-6(9)10-2/h8H,3-5H2,1-2H3. The van der Waals surface area contributed by atoms with Crippen LogP contribution in [-0.4, -0.2) is 38.9 Å². The fourth-order valence-corrected chi connectivity index (χ4v) is 1.03. The highest BCUT2D eigenvalue weighted by Crippen LogP contribution is 2.20. The first-order chi connectivity index (χ1) is 5.22. The Morgan fingerprint density at radius 2 is 2.36 bits per heavy atom. The zero-order valence-electron chi connectivity index (χ0n) is 6.85. The van der Waals surface area contributed by atoms with E-state index in [9.17, 15) is 4.79 Å². The summed E-state index contributed by atoms with van der Waals surface area (Å²) >= 11 is 0. The van der Waals surface area contributed by atoms with E-state index >= 15 is 0 Å². The third kappa shape index (κ3) is 1.70. The van der Waals surface area contributed by atoms with Gasteiger partial charge >= 0.3 is 5.97 Å². The summed E-state index contributed by atoms with van der Waals surface area (Å²) in [6.45, 7) is 1.19. The molecule has 64 valence electrons. The van der Waals surface area contributed by atoms with Crippen molar-refractivity contribution in [2.24, 2.45) is 0 Å². The molecule has 0 radical (unpaired) electrons. The van der Waals surface area contributed by atoms with Crippen molar-refractivity contribution in [2.45, 2.75) is 12.0 Å². The van der Waals surface area contributed by atoms with Crippen LogP contribution in [0.5, 0.6) is 0 Å². The Bertz CT molecular complexity index is 148. The summed E-state index contributed by atoms with van der Waals surface area (Å²) in [6.07, 6.45) is 0.389. The van der Waals surface area contributed by atoms with Crippen LogP contribution in [0.15, 0.2) is 0 Å². The number of likely N-dealkylation sites (N-methyl/N-ethyl adjacent to an activating group) is 1. The van der Waals surface area contributed by atoms with Crippen LogP contribution in [0.3, 0.4) is 0 Å². The van der Waals surface area contributed by atoms with Gasteiger partial charge in [-0.1, -0.05) is 0 Å². The lowest BCUT2D eigenvalue weighted by atomic mass is 9.93. The number of esters is 1. The minimum absolute atomic E-state index is 0.160. The van der Waals surface area contributed by atoms with Crippen molar-refractivity contribution >= 4 is 5.97 Å². The maximum absolute atomic E-state index is 10.9. The molecule has 1 N–H and O–H groups in total. The monoisotopic (exact) mass is 159 g/mol. The molecule has 0 amide bonds. The van der Waals surface area contributed by atoms with Gasteiger partial charge in [0.1, 0.15) is 0 Å². The van der Waals surface area contributed by atoms with Crippen molar-refractivity contribution in [3.05, 3.63) is 0 Å². The molecule has 1 heterocycles. The summed E-state index contributed by atoms with van der Waals surface area (Å²) in [4.78, 5) is 10.9. The van der Waals surface area contributed by atoms with E-state index in [1.54, 1.807) is 0 Å². The molecule has 1 aliphatic rings. The van der Waals surface area contributed by atoms with Crippen LogP contribution in [0.25, 0.3) is 0 Å². The number of carbonyl (C=O) groups excluding carboxylic acids is 1. The van der Waals surface area contributed by atoms with E-state index in [1.165, 1.54) is 7.11 Å². The van der Waals surface area contributed by atoms with Gasteiger partial charge in [-0.05, 0) is 7.05 Å². The first-order valence-electron chi connectivity index (χ1n) is 3.56. The molecular formula is C7H13NO3. The van der Waals surface area contributed by atoms with Gasteiger partial charge in [-0.3, -0.25) is 4.79 Å². The van der Waals surface area contributed by atoms with E-state index < -0.39 is 0 Å². The number of carbonyl (C=O) groups is 1. The smallest absolute Gasteiger partial charge is 0.307 e. The minimum Gasteiger partial charge on any atom is -0.469 e. The summed E-state index contributed by atoms with van der Waals surface area (Å²) in [5.74, 6) is -0.192. The Morgan fingerprint density at radius 1 is 1.73 bits per heavy atom. The largest absolute Gasteiger partial charge is 0.469 e. The molecule has 0 aromatic carbocycles. The first-order valence-corrected chi connectivity index (χ1v) is 3.56. The molecule has 0 unspecified atom stereocenters. The summed E-state index contributed by atoms with van der Waals surface area (Å²) in [5, 5.41) is 3.05. The van der Waals surface area contributed by atoms with Gasteiger partial charge in [-0.15, -0.1) is 0 Å². The van der Waals surface area contributed by atoms with Gasteiger partial charge in [-0.25, -0.2) is 0 Å². The molecule has 4 nitrogen and oxygen atoms in total. The molecule has 0 spiro atoms. The second kappa shape index (κ2) is 3.19. The Morgan fingerprint density at radius 3 is 2.64 bits per heavy atom. The maximum atomic E-state index is 10.9. The summed E-state index contributed by atoms with van der Waals surface area (Å²) < 4.78 is 9.55. The molecule has 1 saturated heterocycles. The van der Waals surface area contributed by atoms with Crippen LogP contribution in [0, 0.1) is 0 Å². The quantitative estimate of drug-likeness (QED) is 0.566. The van der Waals surface area contributed by atoms with E-state index in [0.717, 1.165) is 0 Å². The van der Waals surface area contributed by atoms with Crippen LogP contribution in [0.4, 0.5) is 0 Å². The molecule has 1 aliphatic heterocycles. The lowest BCUT2D eigenvalue weighted by Crippen LogP contribution is -2.60. The zero-order chi connectivity index (χ0) is 8.32. The molecule has 0 saturated carbocycles. The Labute approximate surface area is 65.9 Å². The second-order valence-corrected chi connectivity index (χ2v) is 2.78. The fourth-order valence-electron chi connectivity index (χ4n) is 1.03. The lowest BCUT2D eigenvalue weighted by Gasteiger charge is -2.40. The molecular weight excluding hydrogens is 146 g/mol. The van der Waals surface area contributed by atoms with E-state index in [-0.39, 0.29) is 11.5 Å². The highest BCUT2D eigenvalue weighted by molar-refractivity contribution is 5.71. The fraction of sp³-hybridized carbons (Fsp3) is 0.857. The van der Waals surface area contributed by atoms with Gasteiger partial charge in [0.15, 0.2) is 0 Å². The molecule has 1 fully saturated rings. The number of hydrogen-bond donors (Lipinski definition) is 1. The number of methoxy groups -OCH3 is 1. The van der Waals surface area contributed by atoms with Crippen LogP contribution < -0.4 is 5.32 Å². The molecule has 0 bridgehead atoms. The minimum atomic E-state index is -0.192. The maximum Gasteiger partial charge on any atom is 0.307 e. The SMILES string of the molecule is CNC1(CC(=O)OC)COC1. The van der Waals surface area contributed by atoms with Crippen LogP contribution in [-0.2, 0) is 14.3 Å². The third-order valence-electron chi connectivity index (χ3n) is 2.00. The molecule has 4 heteroatoms. The van der Waals surface area contributed by atoms with Crippen molar-refractivity contribution in [1.82, 2.24) is 5.32 Å². The second-order valence-electron chi connectivity index (χ2n) is 2.78. The molecule has 0 aliphatic carbocycles. The Hall–Kier alpha value is -0.610. The Kier molecular flexibility index (Phi) is 2.46. The van der Waals surface area contributed by atoms with Gasteiger partial charge in [0.2, 0.25) is 0 Å². The average molecular weight is 159 g/mol. The predicted octanol–water partition coefficient (Wildman–Crippen LogP) is -0.462. The molecule has 0 aromatic heterocycles. The van der Waals surface area contributed by atoms with Gasteiger partial charge in [0.25, 0.3) is 0 Å². The van der Waals surface area contributed by atoms with Crippen LogP contribution >= 0.6 is 0 Å². The Balaban J connectivity index is 2.38. The lowest BCUT2D eigenvalue weighted by molar-refractivity contribution is -0.149. The van der Waals surface area contributed by atoms with Gasteiger partial charge in [0, 0.05) is 0 Å². The zero-order valence-corrected chi connectivity index (χ0v) is 6.85. The van der Waals surface area contributed by atoms with E-state index in [0.29, 0.717) is 19.6 Å². The van der Waals surface area contributed by atoms with Crippen molar-refractivity contribution in [1.29, 1.82) is 0 Å². The third-order valence-corrected chi connectivity index (χ3v) is 2.00. The van der Waals surface area contributed by atoms with Gasteiger partial charge < -0.3 is 14.8 Å². The van der Waals surface area contributed by atoms with Crippen molar-refractivity contribution in [3.63, 3.8) is 0 Å². The first kappa shape index (κ1) is 8.49. The highest BCUT2D eigenvalue weighted by atomic mass is 16.5. The topological polar surface area (TPSA) is 47.6 Å². The number of nitrogens with one attached hydrogen (secondary N) is 1. The van der Waals surface area contributed by atoms with Crippen molar-refractivity contribution in [2.75, 3.05) is 27.4 Å². The van der Waals surface area contributed by atoms with Gasteiger partial charge in [0.05, 0.1) is 32.3 Å². The molecule has 0 atom stereocenters. The average Bonchev–Trinajstić information content (AvgIpc) is 1.96. The highest BCUT2D eigenvalue weighted by Gasteiger charge is 2.39. The van der Waals surface area contributed by atoms with Crippen molar-refractivity contribution in [3.8, 4) is 0 Å². The van der Waals surface area contributed by atoms with E-state index in [1.807, 2.05) is 7.05 Å². The summed E-state index contributed by atoms with van der Waals surface area (Å²) in [7, 11) is 3.22. The molecule has 11 heavy (non-hydrogen) atoms. The number of rotatable bonds is 3. The van der Waals surface area contributed by atoms with Crippen molar-refractivity contribution < 1.29 is 14.3 Å². The van der Waals surface area contributed by atoms with Gasteiger partial charge in [-0.2, -0.15) is 0 Å². The predicted molar refractivity (Wildman–Crippen MR) is 39.2 cm³/mol. The summed E-state index contributed by atoms with van der Waals surface area (Å²) in [6, 6.07) is 0. The van der Waals surface area contributed by atoms with Crippen LogP contribution in [0.1, 0.15) is 6.42 Å². The number of ether oxygens (including phenoxy) is 2. The molecule has 0 aromatic rings.